The lowest BCUT2D eigenvalue weighted by molar-refractivity contribution is 0.0315. The first-order valence-corrected chi connectivity index (χ1v) is 12.0. The highest BCUT2D eigenvalue weighted by Gasteiger charge is 2.32. The maximum atomic E-state index is 12.4. The molecule has 0 saturated carbocycles. The van der Waals surface area contributed by atoms with Crippen LogP contribution in [0, 0.1) is 5.92 Å². The van der Waals surface area contributed by atoms with Gasteiger partial charge in [-0.3, -0.25) is 9.89 Å². The number of nitrogens with one attached hydrogen (secondary N) is 2. The number of ether oxygens (including phenoxy) is 2. The lowest BCUT2D eigenvalue weighted by Crippen LogP contribution is -2.52. The Labute approximate surface area is 189 Å². The lowest BCUT2D eigenvalue weighted by atomic mass is 9.93. The Balaban J connectivity index is 1.99. The number of amides is 1. The van der Waals surface area contributed by atoms with Crippen LogP contribution in [0.2, 0.25) is 0 Å². The molecule has 1 amide bonds. The van der Waals surface area contributed by atoms with Gasteiger partial charge in [0.05, 0.1) is 25.3 Å². The zero-order valence-corrected chi connectivity index (χ0v) is 20.6. The third-order valence-corrected chi connectivity index (χ3v) is 6.19. The molecule has 31 heavy (non-hydrogen) atoms. The molecule has 2 aliphatic heterocycles. The largest absolute Gasteiger partial charge is 0.444 e. The summed E-state index contributed by atoms with van der Waals surface area (Å²) in [6.07, 6.45) is 2.41. The van der Waals surface area contributed by atoms with Crippen molar-refractivity contribution in [1.29, 1.82) is 0 Å². The van der Waals surface area contributed by atoms with Gasteiger partial charge < -0.3 is 25.0 Å². The van der Waals surface area contributed by atoms with E-state index < -0.39 is 11.1 Å². The van der Waals surface area contributed by atoms with E-state index in [2.05, 4.69) is 41.2 Å². The average Bonchev–Trinajstić information content (AvgIpc) is 3.17. The van der Waals surface area contributed by atoms with E-state index >= 15 is 0 Å². The molecule has 2 rings (SSSR count). The first kappa shape index (κ1) is 25.7. The summed E-state index contributed by atoms with van der Waals surface area (Å²) in [4.78, 5) is 22.3. The second-order valence-electron chi connectivity index (χ2n) is 9.80. The maximum Gasteiger partial charge on any atom is 0.408 e. The monoisotopic (exact) mass is 439 g/mol. The molecule has 2 N–H and O–H groups in total. The van der Waals surface area contributed by atoms with Gasteiger partial charge in [0.15, 0.2) is 5.96 Å². The van der Waals surface area contributed by atoms with E-state index in [1.807, 2.05) is 20.8 Å². The number of hydrogen-bond donors (Lipinski definition) is 2. The summed E-state index contributed by atoms with van der Waals surface area (Å²) in [5, 5.41) is 6.56. The van der Waals surface area contributed by atoms with Crippen molar-refractivity contribution < 1.29 is 14.3 Å². The Morgan fingerprint density at radius 2 is 1.81 bits per heavy atom. The Kier molecular flexibility index (Phi) is 9.88. The first-order chi connectivity index (χ1) is 14.7. The van der Waals surface area contributed by atoms with Crippen LogP contribution in [0.25, 0.3) is 0 Å². The number of morpholine rings is 1. The fraction of sp³-hybridized carbons (Fsp3) is 0.913. The minimum absolute atomic E-state index is 0.372. The van der Waals surface area contributed by atoms with Crippen LogP contribution in [0.4, 0.5) is 4.79 Å². The molecule has 8 nitrogen and oxygen atoms in total. The molecule has 0 spiro atoms. The fourth-order valence-electron chi connectivity index (χ4n) is 4.18. The smallest absolute Gasteiger partial charge is 0.408 e. The molecule has 0 bridgehead atoms. The molecular weight excluding hydrogens is 394 g/mol. The number of rotatable bonds is 8. The van der Waals surface area contributed by atoms with Crippen molar-refractivity contribution in [3.05, 3.63) is 0 Å². The summed E-state index contributed by atoms with van der Waals surface area (Å²) in [6.45, 7) is 20.2. The zero-order valence-electron chi connectivity index (χ0n) is 20.6. The SMILES string of the molecule is CCNC(=NCC(CC)(CC)NC(=O)OC(C)(C)C)N1CCC(CN2CCOCC2)C1. The van der Waals surface area contributed by atoms with Crippen molar-refractivity contribution in [3.8, 4) is 0 Å². The topological polar surface area (TPSA) is 78.4 Å². The van der Waals surface area contributed by atoms with Gasteiger partial charge in [-0.25, -0.2) is 4.79 Å². The molecule has 8 heteroatoms. The van der Waals surface area contributed by atoms with Crippen molar-refractivity contribution in [2.24, 2.45) is 10.9 Å². The van der Waals surface area contributed by atoms with Crippen LogP contribution in [0.5, 0.6) is 0 Å². The zero-order chi connectivity index (χ0) is 22.9. The van der Waals surface area contributed by atoms with Crippen LogP contribution in [0.1, 0.15) is 60.8 Å². The second-order valence-corrected chi connectivity index (χ2v) is 9.80. The summed E-state index contributed by atoms with van der Waals surface area (Å²) in [6, 6.07) is 0. The molecule has 180 valence electrons. The minimum atomic E-state index is -0.513. The Bertz CT molecular complexity index is 580. The number of likely N-dealkylation sites (tertiary alicyclic amines) is 1. The van der Waals surface area contributed by atoms with E-state index in [0.29, 0.717) is 12.5 Å². The summed E-state index contributed by atoms with van der Waals surface area (Å²) in [7, 11) is 0. The highest BCUT2D eigenvalue weighted by atomic mass is 16.6. The lowest BCUT2D eigenvalue weighted by Gasteiger charge is -2.33. The molecule has 0 aliphatic carbocycles. The van der Waals surface area contributed by atoms with Crippen LogP contribution >= 0.6 is 0 Å². The molecule has 0 aromatic carbocycles. The molecule has 0 aromatic rings. The quantitative estimate of drug-likeness (QED) is 0.447. The van der Waals surface area contributed by atoms with Gasteiger partial charge in [0, 0.05) is 39.3 Å². The first-order valence-electron chi connectivity index (χ1n) is 12.0. The van der Waals surface area contributed by atoms with E-state index in [1.165, 1.54) is 6.42 Å². The van der Waals surface area contributed by atoms with Crippen molar-refractivity contribution in [2.45, 2.75) is 71.9 Å². The van der Waals surface area contributed by atoms with Crippen molar-refractivity contribution >= 4 is 12.1 Å². The van der Waals surface area contributed by atoms with Gasteiger partial charge in [0.1, 0.15) is 5.60 Å². The van der Waals surface area contributed by atoms with E-state index in [4.69, 9.17) is 14.5 Å². The molecular formula is C23H45N5O3. The third kappa shape index (κ3) is 8.48. The number of aliphatic imine (C=N–C) groups is 1. The number of carbonyl (C=O) groups excluding carboxylic acids is 1. The Hall–Kier alpha value is -1.54. The van der Waals surface area contributed by atoms with Gasteiger partial charge in [-0.1, -0.05) is 13.8 Å². The van der Waals surface area contributed by atoms with Crippen molar-refractivity contribution in [2.75, 3.05) is 59.0 Å². The second kappa shape index (κ2) is 11.9. The van der Waals surface area contributed by atoms with Crippen molar-refractivity contribution in [1.82, 2.24) is 20.4 Å². The van der Waals surface area contributed by atoms with E-state index in [0.717, 1.165) is 71.3 Å². The highest BCUT2D eigenvalue weighted by molar-refractivity contribution is 5.80. The predicted molar refractivity (Wildman–Crippen MR) is 126 cm³/mol. The van der Waals surface area contributed by atoms with E-state index in [1.54, 1.807) is 0 Å². The van der Waals surface area contributed by atoms with Gasteiger partial charge in [0.25, 0.3) is 0 Å². The molecule has 1 unspecified atom stereocenters. The fourth-order valence-corrected chi connectivity index (χ4v) is 4.18. The molecule has 2 fully saturated rings. The average molecular weight is 440 g/mol. The Morgan fingerprint density at radius 1 is 1.13 bits per heavy atom. The Morgan fingerprint density at radius 3 is 2.39 bits per heavy atom. The number of alkyl carbamates (subject to hydrolysis) is 1. The standard InChI is InChI=1S/C23H45N5O3/c1-7-23(8-2,26-21(29)31-22(4,5)6)18-25-20(24-9-3)28-11-10-19(17-28)16-27-12-14-30-15-13-27/h19H,7-18H2,1-6H3,(H,24,25)(H,26,29). The molecule has 0 radical (unpaired) electrons. The van der Waals surface area contributed by atoms with Crippen LogP contribution in [0.3, 0.4) is 0 Å². The third-order valence-electron chi connectivity index (χ3n) is 6.19. The van der Waals surface area contributed by atoms with Crippen molar-refractivity contribution in [3.63, 3.8) is 0 Å². The van der Waals surface area contributed by atoms with E-state index in [-0.39, 0.29) is 6.09 Å². The number of guanidine groups is 1. The van der Waals surface area contributed by atoms with Gasteiger partial charge in [-0.05, 0) is 52.9 Å². The predicted octanol–water partition coefficient (Wildman–Crippen LogP) is 2.69. The number of nitrogens with zero attached hydrogens (tertiary/aromatic N) is 3. The molecule has 2 aliphatic rings. The molecule has 2 saturated heterocycles. The van der Waals surface area contributed by atoms with Crippen LogP contribution in [-0.2, 0) is 9.47 Å². The molecule has 2 heterocycles. The molecule has 1 atom stereocenters. The summed E-state index contributed by atoms with van der Waals surface area (Å²) in [5.74, 6) is 1.60. The number of hydrogen-bond acceptors (Lipinski definition) is 5. The van der Waals surface area contributed by atoms with Crippen LogP contribution in [-0.4, -0.2) is 92.0 Å². The van der Waals surface area contributed by atoms with Gasteiger partial charge in [-0.15, -0.1) is 0 Å². The normalized spacial score (nSPS) is 21.3. The maximum absolute atomic E-state index is 12.4. The van der Waals surface area contributed by atoms with Crippen LogP contribution in [0.15, 0.2) is 4.99 Å². The van der Waals surface area contributed by atoms with Crippen LogP contribution < -0.4 is 10.6 Å². The highest BCUT2D eigenvalue weighted by Crippen LogP contribution is 2.21. The summed E-state index contributed by atoms with van der Waals surface area (Å²) < 4.78 is 11.0. The van der Waals surface area contributed by atoms with E-state index in [9.17, 15) is 4.79 Å². The van der Waals surface area contributed by atoms with Gasteiger partial charge in [-0.2, -0.15) is 0 Å². The number of carbonyl (C=O) groups is 1. The minimum Gasteiger partial charge on any atom is -0.444 e. The van der Waals surface area contributed by atoms with Gasteiger partial charge >= 0.3 is 6.09 Å². The summed E-state index contributed by atoms with van der Waals surface area (Å²) in [5.41, 5.74) is -0.920. The summed E-state index contributed by atoms with van der Waals surface area (Å²) >= 11 is 0. The molecule has 0 aromatic heterocycles. The van der Waals surface area contributed by atoms with Gasteiger partial charge in [0.2, 0.25) is 0 Å².